The molecule has 0 unspecified atom stereocenters. The van der Waals surface area contributed by atoms with Crippen molar-refractivity contribution in [3.63, 3.8) is 0 Å². The third-order valence-electron chi connectivity index (χ3n) is 6.98. The summed E-state index contributed by atoms with van der Waals surface area (Å²) in [6, 6.07) is 20.6. The van der Waals surface area contributed by atoms with Gasteiger partial charge in [0.15, 0.2) is 0 Å². The maximum atomic E-state index is 9.34. The van der Waals surface area contributed by atoms with E-state index in [1.807, 2.05) is 0 Å². The van der Waals surface area contributed by atoms with Crippen LogP contribution in [-0.2, 0) is 6.54 Å². The number of benzene rings is 2. The third-order valence-corrected chi connectivity index (χ3v) is 6.98. The molecule has 1 saturated carbocycles. The van der Waals surface area contributed by atoms with Crippen molar-refractivity contribution in [3.05, 3.63) is 65.7 Å². The molecule has 3 nitrogen and oxygen atoms in total. The molecule has 2 fully saturated rings. The first kappa shape index (κ1) is 20.4. The Bertz CT molecular complexity index is 716. The highest BCUT2D eigenvalue weighted by Crippen LogP contribution is 2.34. The van der Waals surface area contributed by atoms with Crippen molar-refractivity contribution in [3.8, 4) is 0 Å². The first-order valence-electron chi connectivity index (χ1n) is 11.6. The first-order chi connectivity index (χ1) is 14.3. The fourth-order valence-electron chi connectivity index (χ4n) is 5.11. The number of aliphatic hydroxyl groups excluding tert-OH is 1. The van der Waals surface area contributed by atoms with Crippen molar-refractivity contribution in [2.24, 2.45) is 11.8 Å². The zero-order valence-corrected chi connectivity index (χ0v) is 17.6. The molecule has 0 amide bonds. The molecule has 4 rings (SSSR count). The van der Waals surface area contributed by atoms with Gasteiger partial charge in [0.05, 0.1) is 0 Å². The van der Waals surface area contributed by atoms with Crippen molar-refractivity contribution in [2.45, 2.75) is 57.5 Å². The molecule has 2 aliphatic rings. The molecule has 1 aliphatic heterocycles. The Morgan fingerprint density at radius 3 is 2.21 bits per heavy atom. The molecule has 156 valence electrons. The SMILES string of the molecule is OCC1CCN(c2ccc(CN[C@@H](c3ccccc3)C3CCCCC3)cc2)CC1. The zero-order valence-electron chi connectivity index (χ0n) is 17.6. The lowest BCUT2D eigenvalue weighted by Gasteiger charge is -2.33. The number of rotatable bonds is 7. The molecule has 1 saturated heterocycles. The van der Waals surface area contributed by atoms with Crippen LogP contribution in [0, 0.1) is 11.8 Å². The van der Waals surface area contributed by atoms with Crippen LogP contribution in [0.15, 0.2) is 54.6 Å². The molecule has 2 N–H and O–H groups in total. The van der Waals surface area contributed by atoms with Gasteiger partial charge in [-0.1, -0.05) is 61.7 Å². The van der Waals surface area contributed by atoms with E-state index in [0.29, 0.717) is 18.6 Å². The lowest BCUT2D eigenvalue weighted by molar-refractivity contribution is 0.203. The second-order valence-corrected chi connectivity index (χ2v) is 8.95. The Morgan fingerprint density at radius 1 is 0.862 bits per heavy atom. The van der Waals surface area contributed by atoms with Crippen molar-refractivity contribution in [2.75, 3.05) is 24.6 Å². The van der Waals surface area contributed by atoms with Gasteiger partial charge in [-0.2, -0.15) is 0 Å². The zero-order chi connectivity index (χ0) is 19.9. The summed E-state index contributed by atoms with van der Waals surface area (Å²) >= 11 is 0. The number of nitrogens with one attached hydrogen (secondary N) is 1. The molecule has 1 aliphatic carbocycles. The van der Waals surface area contributed by atoms with Gasteiger partial charge in [0, 0.05) is 38.0 Å². The summed E-state index contributed by atoms with van der Waals surface area (Å²) < 4.78 is 0. The van der Waals surface area contributed by atoms with E-state index in [1.54, 1.807) is 0 Å². The molecule has 0 radical (unpaired) electrons. The van der Waals surface area contributed by atoms with E-state index < -0.39 is 0 Å². The normalized spacial score (nSPS) is 20.0. The van der Waals surface area contributed by atoms with Crippen LogP contribution < -0.4 is 10.2 Å². The van der Waals surface area contributed by atoms with Crippen molar-refractivity contribution >= 4 is 5.69 Å². The topological polar surface area (TPSA) is 35.5 Å². The average Bonchev–Trinajstić information content (AvgIpc) is 2.81. The summed E-state index contributed by atoms with van der Waals surface area (Å²) in [4.78, 5) is 2.46. The summed E-state index contributed by atoms with van der Waals surface area (Å²) in [5, 5.41) is 13.2. The number of hydrogen-bond donors (Lipinski definition) is 2. The van der Waals surface area contributed by atoms with E-state index in [-0.39, 0.29) is 0 Å². The van der Waals surface area contributed by atoms with E-state index in [0.717, 1.165) is 38.4 Å². The predicted molar refractivity (Wildman–Crippen MR) is 121 cm³/mol. The van der Waals surface area contributed by atoms with E-state index in [1.165, 1.54) is 48.9 Å². The predicted octanol–water partition coefficient (Wildman–Crippen LogP) is 5.31. The van der Waals surface area contributed by atoms with Gasteiger partial charge >= 0.3 is 0 Å². The van der Waals surface area contributed by atoms with Crippen LogP contribution in [-0.4, -0.2) is 24.8 Å². The largest absolute Gasteiger partial charge is 0.396 e. The van der Waals surface area contributed by atoms with Crippen molar-refractivity contribution in [1.82, 2.24) is 5.32 Å². The summed E-state index contributed by atoms with van der Waals surface area (Å²) in [7, 11) is 0. The van der Waals surface area contributed by atoms with Crippen LogP contribution in [0.3, 0.4) is 0 Å². The van der Waals surface area contributed by atoms with Crippen molar-refractivity contribution < 1.29 is 5.11 Å². The monoisotopic (exact) mass is 392 g/mol. The maximum absolute atomic E-state index is 9.34. The smallest absolute Gasteiger partial charge is 0.0460 e. The van der Waals surface area contributed by atoms with Crippen LogP contribution in [0.1, 0.15) is 62.1 Å². The van der Waals surface area contributed by atoms with Crippen molar-refractivity contribution in [1.29, 1.82) is 0 Å². The molecule has 1 heterocycles. The molecular formula is C26H36N2O. The molecular weight excluding hydrogens is 356 g/mol. The van der Waals surface area contributed by atoms with E-state index in [4.69, 9.17) is 0 Å². The maximum Gasteiger partial charge on any atom is 0.0460 e. The Hall–Kier alpha value is -1.84. The Kier molecular flexibility index (Phi) is 7.23. The standard InChI is InChI=1S/C26H36N2O/c29-20-22-15-17-28(18-16-22)25-13-11-21(12-14-25)19-27-26(23-7-3-1-4-8-23)24-9-5-2-6-10-24/h1,3-4,7-8,11-14,22,24,26-27,29H,2,5-6,9-10,15-20H2/t26-/m0/s1. The number of hydrogen-bond acceptors (Lipinski definition) is 3. The quantitative estimate of drug-likeness (QED) is 0.670. The van der Waals surface area contributed by atoms with E-state index in [9.17, 15) is 5.11 Å². The third kappa shape index (κ3) is 5.40. The lowest BCUT2D eigenvalue weighted by atomic mass is 9.81. The highest BCUT2D eigenvalue weighted by atomic mass is 16.3. The highest BCUT2D eigenvalue weighted by molar-refractivity contribution is 5.48. The number of aliphatic hydroxyl groups is 1. The Balaban J connectivity index is 1.37. The lowest BCUT2D eigenvalue weighted by Crippen LogP contribution is -2.34. The van der Waals surface area contributed by atoms with Crippen LogP contribution in [0.2, 0.25) is 0 Å². The van der Waals surface area contributed by atoms with Gasteiger partial charge in [-0.05, 0) is 60.8 Å². The van der Waals surface area contributed by atoms with Gasteiger partial charge in [-0.25, -0.2) is 0 Å². The van der Waals surface area contributed by atoms with E-state index >= 15 is 0 Å². The summed E-state index contributed by atoms with van der Waals surface area (Å²) in [6.07, 6.45) is 9.02. The van der Waals surface area contributed by atoms with E-state index in [2.05, 4.69) is 64.8 Å². The van der Waals surface area contributed by atoms with Crippen LogP contribution in [0.4, 0.5) is 5.69 Å². The molecule has 0 bridgehead atoms. The minimum absolute atomic E-state index is 0.335. The Labute approximate surface area is 176 Å². The number of anilines is 1. The average molecular weight is 393 g/mol. The second-order valence-electron chi connectivity index (χ2n) is 8.95. The van der Waals surface area contributed by atoms with Gasteiger partial charge in [-0.3, -0.25) is 0 Å². The minimum Gasteiger partial charge on any atom is -0.396 e. The number of nitrogens with zero attached hydrogens (tertiary/aromatic N) is 1. The Morgan fingerprint density at radius 2 is 1.55 bits per heavy atom. The van der Waals surface area contributed by atoms with Gasteiger partial charge < -0.3 is 15.3 Å². The first-order valence-corrected chi connectivity index (χ1v) is 11.6. The fraction of sp³-hybridized carbons (Fsp3) is 0.538. The fourth-order valence-corrected chi connectivity index (χ4v) is 5.11. The summed E-state index contributed by atoms with van der Waals surface area (Å²) in [6.45, 7) is 3.37. The highest BCUT2D eigenvalue weighted by Gasteiger charge is 2.24. The van der Waals surface area contributed by atoms with Gasteiger partial charge in [0.1, 0.15) is 0 Å². The van der Waals surface area contributed by atoms with Crippen LogP contribution >= 0.6 is 0 Å². The molecule has 2 aromatic carbocycles. The molecule has 2 aromatic rings. The van der Waals surface area contributed by atoms with Crippen LogP contribution in [0.5, 0.6) is 0 Å². The van der Waals surface area contributed by atoms with Crippen LogP contribution in [0.25, 0.3) is 0 Å². The van der Waals surface area contributed by atoms with Gasteiger partial charge in [-0.15, -0.1) is 0 Å². The van der Waals surface area contributed by atoms with Gasteiger partial charge in [0.2, 0.25) is 0 Å². The number of piperidine rings is 1. The molecule has 29 heavy (non-hydrogen) atoms. The molecule has 0 aromatic heterocycles. The molecule has 0 spiro atoms. The van der Waals surface area contributed by atoms with Gasteiger partial charge in [0.25, 0.3) is 0 Å². The second kappa shape index (κ2) is 10.3. The summed E-state index contributed by atoms with van der Waals surface area (Å²) in [5.41, 5.74) is 4.11. The summed E-state index contributed by atoms with van der Waals surface area (Å²) in [5.74, 6) is 1.24. The molecule has 3 heteroatoms. The minimum atomic E-state index is 0.335. The molecule has 1 atom stereocenters.